The first-order chi connectivity index (χ1) is 12.0. The molecule has 2 aliphatic rings. The summed E-state index contributed by atoms with van der Waals surface area (Å²) in [7, 11) is 0. The van der Waals surface area contributed by atoms with E-state index in [1.54, 1.807) is 6.92 Å². The van der Waals surface area contributed by atoms with Crippen LogP contribution in [-0.4, -0.2) is 39.0 Å². The first-order valence-electron chi connectivity index (χ1n) is 8.67. The lowest BCUT2D eigenvalue weighted by atomic mass is 9.71. The van der Waals surface area contributed by atoms with Crippen molar-refractivity contribution in [2.75, 3.05) is 0 Å². The molecule has 0 saturated heterocycles. The van der Waals surface area contributed by atoms with Crippen molar-refractivity contribution in [1.82, 2.24) is 15.1 Å². The Labute approximate surface area is 148 Å². The third kappa shape index (κ3) is 3.71. The van der Waals surface area contributed by atoms with Gasteiger partial charge in [-0.2, -0.15) is 18.3 Å². The van der Waals surface area contributed by atoms with Crippen LogP contribution in [0.4, 0.5) is 13.2 Å². The molecule has 1 amide bonds. The number of carbonyl (C=O) groups excluding carboxylic acids is 1. The SMILES string of the molecule is Cc1nn(CC(F)(F)F)c(C)c1CC(=O)NC1CC2CC(C(=O)O)CC21. The van der Waals surface area contributed by atoms with Crippen LogP contribution < -0.4 is 5.32 Å². The number of aryl methyl sites for hydroxylation is 1. The Morgan fingerprint density at radius 1 is 1.27 bits per heavy atom. The minimum atomic E-state index is -4.37. The first-order valence-corrected chi connectivity index (χ1v) is 8.67. The molecule has 0 radical (unpaired) electrons. The molecule has 2 fully saturated rings. The zero-order chi connectivity index (χ0) is 19.2. The van der Waals surface area contributed by atoms with E-state index in [-0.39, 0.29) is 30.2 Å². The number of rotatable bonds is 5. The average Bonchev–Trinajstić information content (AvgIpc) is 2.96. The normalized spacial score (nSPS) is 27.7. The number of carbonyl (C=O) groups is 2. The van der Waals surface area contributed by atoms with Gasteiger partial charge in [0.1, 0.15) is 6.54 Å². The highest BCUT2D eigenvalue weighted by Crippen LogP contribution is 2.49. The van der Waals surface area contributed by atoms with Crippen LogP contribution in [0.1, 0.15) is 36.2 Å². The summed E-state index contributed by atoms with van der Waals surface area (Å²) in [5.74, 6) is -0.843. The highest BCUT2D eigenvalue weighted by atomic mass is 19.4. The molecule has 6 nitrogen and oxygen atoms in total. The average molecular weight is 373 g/mol. The highest BCUT2D eigenvalue weighted by Gasteiger charge is 2.49. The molecule has 2 N–H and O–H groups in total. The number of carboxylic acid groups (broad SMARTS) is 1. The van der Waals surface area contributed by atoms with Gasteiger partial charge in [-0.25, -0.2) is 0 Å². The molecule has 4 atom stereocenters. The summed E-state index contributed by atoms with van der Waals surface area (Å²) >= 11 is 0. The van der Waals surface area contributed by atoms with Gasteiger partial charge in [-0.3, -0.25) is 14.3 Å². The Morgan fingerprint density at radius 2 is 1.96 bits per heavy atom. The summed E-state index contributed by atoms with van der Waals surface area (Å²) in [6.45, 7) is 1.95. The lowest BCUT2D eigenvalue weighted by Gasteiger charge is -2.40. The van der Waals surface area contributed by atoms with Crippen LogP contribution >= 0.6 is 0 Å². The summed E-state index contributed by atoms with van der Waals surface area (Å²) in [5.41, 5.74) is 1.27. The lowest BCUT2D eigenvalue weighted by molar-refractivity contribution is -0.143. The Kier molecular flexibility index (Phi) is 4.74. The number of hydrogen-bond acceptors (Lipinski definition) is 3. The van der Waals surface area contributed by atoms with Gasteiger partial charge in [0.2, 0.25) is 5.91 Å². The standard InChI is InChI=1S/C17H22F3N3O3/c1-8-12(9(2)23(22-8)7-17(18,19)20)6-15(24)21-14-5-10-3-11(16(25)26)4-13(10)14/h10-11,13-14H,3-7H2,1-2H3,(H,21,24)(H,25,26). The Hall–Kier alpha value is -2.06. The van der Waals surface area contributed by atoms with Gasteiger partial charge in [-0.05, 0) is 44.9 Å². The van der Waals surface area contributed by atoms with Crippen molar-refractivity contribution in [2.45, 2.75) is 58.3 Å². The number of hydrogen-bond donors (Lipinski definition) is 2. The molecule has 3 rings (SSSR count). The molecule has 9 heteroatoms. The smallest absolute Gasteiger partial charge is 0.408 e. The van der Waals surface area contributed by atoms with E-state index in [1.165, 1.54) is 6.92 Å². The van der Waals surface area contributed by atoms with Crippen molar-refractivity contribution in [3.8, 4) is 0 Å². The number of carboxylic acids is 1. The van der Waals surface area contributed by atoms with E-state index >= 15 is 0 Å². The predicted molar refractivity (Wildman–Crippen MR) is 85.3 cm³/mol. The van der Waals surface area contributed by atoms with E-state index in [1.807, 2.05) is 0 Å². The second kappa shape index (κ2) is 6.59. The van der Waals surface area contributed by atoms with Gasteiger partial charge in [0.25, 0.3) is 0 Å². The van der Waals surface area contributed by atoms with Gasteiger partial charge in [0.05, 0.1) is 18.0 Å². The zero-order valence-electron chi connectivity index (χ0n) is 14.6. The van der Waals surface area contributed by atoms with Crippen molar-refractivity contribution in [3.05, 3.63) is 17.0 Å². The number of amides is 1. The van der Waals surface area contributed by atoms with E-state index in [0.717, 1.165) is 11.1 Å². The summed E-state index contributed by atoms with van der Waals surface area (Å²) < 4.78 is 38.6. The lowest BCUT2D eigenvalue weighted by Crippen LogP contribution is -2.50. The van der Waals surface area contributed by atoms with Crippen LogP contribution in [0.15, 0.2) is 0 Å². The number of nitrogens with one attached hydrogen (secondary N) is 1. The second-order valence-corrected chi connectivity index (χ2v) is 7.44. The molecule has 144 valence electrons. The van der Waals surface area contributed by atoms with Crippen molar-refractivity contribution >= 4 is 11.9 Å². The maximum Gasteiger partial charge on any atom is 0.408 e. The fourth-order valence-corrected chi connectivity index (χ4v) is 4.33. The van der Waals surface area contributed by atoms with Gasteiger partial charge >= 0.3 is 12.1 Å². The molecule has 0 aliphatic heterocycles. The molecule has 0 aromatic carbocycles. The van der Waals surface area contributed by atoms with Gasteiger partial charge < -0.3 is 10.4 Å². The van der Waals surface area contributed by atoms with Gasteiger partial charge in [-0.1, -0.05) is 0 Å². The summed E-state index contributed by atoms with van der Waals surface area (Å²) in [6, 6.07) is -0.0392. The van der Waals surface area contributed by atoms with Crippen LogP contribution in [0.25, 0.3) is 0 Å². The molecule has 26 heavy (non-hydrogen) atoms. The Bertz CT molecular complexity index is 729. The number of alkyl halides is 3. The molecule has 0 spiro atoms. The molecule has 2 saturated carbocycles. The molecule has 1 aromatic heterocycles. The third-order valence-electron chi connectivity index (χ3n) is 5.72. The fourth-order valence-electron chi connectivity index (χ4n) is 4.33. The second-order valence-electron chi connectivity index (χ2n) is 7.44. The van der Waals surface area contributed by atoms with Crippen LogP contribution in [0, 0.1) is 31.6 Å². The van der Waals surface area contributed by atoms with Crippen molar-refractivity contribution in [2.24, 2.45) is 17.8 Å². The third-order valence-corrected chi connectivity index (χ3v) is 5.72. The van der Waals surface area contributed by atoms with Gasteiger partial charge in [0.15, 0.2) is 0 Å². The number of nitrogens with zero attached hydrogens (tertiary/aromatic N) is 2. The molecule has 4 unspecified atom stereocenters. The highest BCUT2D eigenvalue weighted by molar-refractivity contribution is 5.79. The molecule has 1 aromatic rings. The minimum Gasteiger partial charge on any atom is -0.481 e. The summed E-state index contributed by atoms with van der Waals surface area (Å²) in [5, 5.41) is 15.9. The first kappa shape index (κ1) is 18.7. The molecule has 1 heterocycles. The van der Waals surface area contributed by atoms with Crippen molar-refractivity contribution in [3.63, 3.8) is 0 Å². The van der Waals surface area contributed by atoms with Crippen LogP contribution in [0.5, 0.6) is 0 Å². The fraction of sp³-hybridized carbons (Fsp3) is 0.706. The topological polar surface area (TPSA) is 84.2 Å². The van der Waals surface area contributed by atoms with E-state index in [4.69, 9.17) is 5.11 Å². The number of fused-ring (bicyclic) bond motifs is 1. The van der Waals surface area contributed by atoms with E-state index in [9.17, 15) is 22.8 Å². The number of aliphatic carboxylic acids is 1. The summed E-state index contributed by atoms with van der Waals surface area (Å²) in [4.78, 5) is 23.4. The predicted octanol–water partition coefficient (Wildman–Crippen LogP) is 2.22. The van der Waals surface area contributed by atoms with Crippen LogP contribution in [-0.2, 0) is 22.6 Å². The quantitative estimate of drug-likeness (QED) is 0.829. The number of aromatic nitrogens is 2. The Morgan fingerprint density at radius 3 is 2.58 bits per heavy atom. The van der Waals surface area contributed by atoms with Crippen molar-refractivity contribution < 1.29 is 27.9 Å². The minimum absolute atomic E-state index is 0.0221. The Balaban J connectivity index is 1.59. The van der Waals surface area contributed by atoms with Crippen LogP contribution in [0.3, 0.4) is 0 Å². The van der Waals surface area contributed by atoms with E-state index < -0.39 is 18.7 Å². The maximum absolute atomic E-state index is 12.6. The molecular formula is C17H22F3N3O3. The molecule has 0 bridgehead atoms. The van der Waals surface area contributed by atoms with E-state index in [2.05, 4.69) is 10.4 Å². The molecule has 2 aliphatic carbocycles. The largest absolute Gasteiger partial charge is 0.481 e. The number of halogens is 3. The summed E-state index contributed by atoms with van der Waals surface area (Å²) in [6.07, 6.45) is -2.38. The van der Waals surface area contributed by atoms with Crippen LogP contribution in [0.2, 0.25) is 0 Å². The monoisotopic (exact) mass is 373 g/mol. The van der Waals surface area contributed by atoms with Crippen molar-refractivity contribution in [1.29, 1.82) is 0 Å². The van der Waals surface area contributed by atoms with Gasteiger partial charge in [-0.15, -0.1) is 0 Å². The zero-order valence-corrected chi connectivity index (χ0v) is 14.6. The molecular weight excluding hydrogens is 351 g/mol. The maximum atomic E-state index is 12.6. The van der Waals surface area contributed by atoms with Gasteiger partial charge in [0, 0.05) is 17.3 Å². The van der Waals surface area contributed by atoms with E-state index in [0.29, 0.717) is 35.7 Å².